The van der Waals surface area contributed by atoms with Gasteiger partial charge in [-0.3, -0.25) is 9.78 Å². The molecule has 2 heterocycles. The third kappa shape index (κ3) is 4.63. The molecule has 0 spiro atoms. The number of aromatic nitrogens is 2. The second-order valence-corrected chi connectivity index (χ2v) is 7.01. The molecule has 0 aliphatic heterocycles. The Hall–Kier alpha value is -3.60. The van der Waals surface area contributed by atoms with Crippen LogP contribution in [0.3, 0.4) is 0 Å². The Morgan fingerprint density at radius 1 is 1.10 bits per heavy atom. The van der Waals surface area contributed by atoms with Crippen LogP contribution in [0, 0.1) is 0 Å². The number of nitrogens with zero attached hydrogens (tertiary/aromatic N) is 1. The largest absolute Gasteiger partial charge is 0.487 e. The molecule has 1 amide bonds. The molecule has 0 saturated carbocycles. The molecule has 0 bridgehead atoms. The molecule has 4 rings (SSSR count). The first-order chi connectivity index (χ1) is 14.2. The van der Waals surface area contributed by atoms with Crippen LogP contribution in [0.2, 0.25) is 0 Å². The zero-order chi connectivity index (χ0) is 20.1. The SMILES string of the molecule is C[C@H](NC(=O)Cc1c[nH]c2ccccc12)c1cccc(OCc2ccccn2)c1. The number of amides is 1. The molecular weight excluding hydrogens is 362 g/mol. The number of ether oxygens (including phenoxy) is 1. The van der Waals surface area contributed by atoms with E-state index in [1.807, 2.05) is 79.9 Å². The minimum atomic E-state index is -0.119. The Bertz CT molecular complexity index is 1110. The molecule has 0 aliphatic rings. The molecule has 4 aromatic rings. The highest BCUT2D eigenvalue weighted by molar-refractivity contribution is 5.88. The smallest absolute Gasteiger partial charge is 0.224 e. The average Bonchev–Trinajstić information content (AvgIpc) is 3.16. The highest BCUT2D eigenvalue weighted by atomic mass is 16.5. The van der Waals surface area contributed by atoms with Gasteiger partial charge < -0.3 is 15.0 Å². The van der Waals surface area contributed by atoms with Crippen LogP contribution in [-0.2, 0) is 17.8 Å². The van der Waals surface area contributed by atoms with E-state index in [1.165, 1.54) is 0 Å². The summed E-state index contributed by atoms with van der Waals surface area (Å²) in [5.41, 5.74) is 3.91. The van der Waals surface area contributed by atoms with Gasteiger partial charge in [0.1, 0.15) is 12.4 Å². The molecule has 1 atom stereocenters. The van der Waals surface area contributed by atoms with Crippen molar-refractivity contribution in [2.24, 2.45) is 0 Å². The first kappa shape index (κ1) is 18.7. The average molecular weight is 385 g/mol. The van der Waals surface area contributed by atoms with Gasteiger partial charge in [-0.15, -0.1) is 0 Å². The number of carbonyl (C=O) groups is 1. The third-order valence-corrected chi connectivity index (χ3v) is 4.87. The van der Waals surface area contributed by atoms with Crippen LogP contribution in [0.25, 0.3) is 10.9 Å². The van der Waals surface area contributed by atoms with E-state index in [0.29, 0.717) is 13.0 Å². The number of pyridine rings is 1. The summed E-state index contributed by atoms with van der Waals surface area (Å²) in [5.74, 6) is 0.743. The molecule has 2 N–H and O–H groups in total. The zero-order valence-electron chi connectivity index (χ0n) is 16.3. The van der Waals surface area contributed by atoms with Crippen molar-refractivity contribution in [3.63, 3.8) is 0 Å². The number of fused-ring (bicyclic) bond motifs is 1. The molecule has 0 fully saturated rings. The number of rotatable bonds is 7. The Labute approximate surface area is 169 Å². The molecule has 29 heavy (non-hydrogen) atoms. The second-order valence-electron chi connectivity index (χ2n) is 7.01. The maximum atomic E-state index is 12.6. The molecule has 5 heteroatoms. The summed E-state index contributed by atoms with van der Waals surface area (Å²) in [5, 5.41) is 4.16. The Morgan fingerprint density at radius 3 is 2.83 bits per heavy atom. The standard InChI is InChI=1S/C24H23N3O2/c1-17(27-24(28)14-19-15-26-23-11-3-2-10-22(19)23)18-7-6-9-21(13-18)29-16-20-8-4-5-12-25-20/h2-13,15,17,26H,14,16H2,1H3,(H,27,28)/t17-/m0/s1. The van der Waals surface area contributed by atoms with E-state index in [9.17, 15) is 4.79 Å². The summed E-state index contributed by atoms with van der Waals surface area (Å²) in [6.45, 7) is 2.39. The van der Waals surface area contributed by atoms with Gasteiger partial charge in [-0.25, -0.2) is 0 Å². The minimum absolute atomic E-state index is 0.0120. The fourth-order valence-electron chi connectivity index (χ4n) is 3.34. The number of carbonyl (C=O) groups excluding carboxylic acids is 1. The maximum Gasteiger partial charge on any atom is 0.224 e. The van der Waals surface area contributed by atoms with Gasteiger partial charge in [-0.05, 0) is 48.4 Å². The maximum absolute atomic E-state index is 12.6. The predicted molar refractivity (Wildman–Crippen MR) is 114 cm³/mol. The Balaban J connectivity index is 1.37. The normalized spacial score (nSPS) is 11.9. The van der Waals surface area contributed by atoms with Crippen LogP contribution in [0.5, 0.6) is 5.75 Å². The molecule has 2 aromatic heterocycles. The highest BCUT2D eigenvalue weighted by Gasteiger charge is 2.13. The second kappa shape index (κ2) is 8.61. The molecule has 5 nitrogen and oxygen atoms in total. The number of aromatic amines is 1. The van der Waals surface area contributed by atoms with Gasteiger partial charge in [-0.2, -0.15) is 0 Å². The van der Waals surface area contributed by atoms with E-state index in [0.717, 1.165) is 33.5 Å². The molecule has 0 radical (unpaired) electrons. The van der Waals surface area contributed by atoms with E-state index in [4.69, 9.17) is 4.74 Å². The van der Waals surface area contributed by atoms with Crippen molar-refractivity contribution in [3.8, 4) is 5.75 Å². The summed E-state index contributed by atoms with van der Waals surface area (Å²) in [4.78, 5) is 20.0. The molecule has 0 aliphatic carbocycles. The summed E-state index contributed by atoms with van der Waals surface area (Å²) in [6.07, 6.45) is 3.99. The van der Waals surface area contributed by atoms with Crippen molar-refractivity contribution in [3.05, 3.63) is 95.9 Å². The van der Waals surface area contributed by atoms with Gasteiger partial charge >= 0.3 is 0 Å². The zero-order valence-corrected chi connectivity index (χ0v) is 16.3. The fraction of sp³-hybridized carbons (Fsp3) is 0.167. The summed E-state index contributed by atoms with van der Waals surface area (Å²) >= 11 is 0. The summed E-state index contributed by atoms with van der Waals surface area (Å²) in [7, 11) is 0. The van der Waals surface area contributed by atoms with Crippen LogP contribution in [0.4, 0.5) is 0 Å². The molecule has 0 saturated heterocycles. The first-order valence-electron chi connectivity index (χ1n) is 9.66. The molecule has 0 unspecified atom stereocenters. The monoisotopic (exact) mass is 385 g/mol. The van der Waals surface area contributed by atoms with E-state index < -0.39 is 0 Å². The lowest BCUT2D eigenvalue weighted by molar-refractivity contribution is -0.121. The van der Waals surface area contributed by atoms with Crippen molar-refractivity contribution in [2.45, 2.75) is 26.0 Å². The fourth-order valence-corrected chi connectivity index (χ4v) is 3.34. The number of nitrogens with one attached hydrogen (secondary N) is 2. The van der Waals surface area contributed by atoms with E-state index >= 15 is 0 Å². The van der Waals surface area contributed by atoms with Crippen molar-refractivity contribution in [2.75, 3.05) is 0 Å². The van der Waals surface area contributed by atoms with Crippen LogP contribution >= 0.6 is 0 Å². The van der Waals surface area contributed by atoms with Crippen LogP contribution in [0.1, 0.15) is 29.8 Å². The van der Waals surface area contributed by atoms with E-state index in [2.05, 4.69) is 15.3 Å². The summed E-state index contributed by atoms with van der Waals surface area (Å²) < 4.78 is 5.84. The van der Waals surface area contributed by atoms with Crippen molar-refractivity contribution < 1.29 is 9.53 Å². The Kier molecular flexibility index (Phi) is 5.56. The van der Waals surface area contributed by atoms with Crippen molar-refractivity contribution in [1.82, 2.24) is 15.3 Å². The number of hydrogen-bond donors (Lipinski definition) is 2. The number of hydrogen-bond acceptors (Lipinski definition) is 3. The van der Waals surface area contributed by atoms with E-state index in [1.54, 1.807) is 6.20 Å². The lowest BCUT2D eigenvalue weighted by atomic mass is 10.1. The number of benzene rings is 2. The lowest BCUT2D eigenvalue weighted by Crippen LogP contribution is -2.28. The van der Waals surface area contributed by atoms with Crippen LogP contribution < -0.4 is 10.1 Å². The summed E-state index contributed by atoms with van der Waals surface area (Å²) in [6, 6.07) is 21.4. The molecular formula is C24H23N3O2. The molecule has 146 valence electrons. The van der Waals surface area contributed by atoms with Gasteiger partial charge in [0.15, 0.2) is 0 Å². The molecule has 2 aromatic carbocycles. The minimum Gasteiger partial charge on any atom is -0.487 e. The predicted octanol–water partition coefficient (Wildman–Crippen LogP) is 4.56. The van der Waals surface area contributed by atoms with Crippen molar-refractivity contribution in [1.29, 1.82) is 0 Å². The quantitative estimate of drug-likeness (QED) is 0.490. The van der Waals surface area contributed by atoms with Gasteiger partial charge in [0, 0.05) is 23.3 Å². The van der Waals surface area contributed by atoms with Gasteiger partial charge in [0.2, 0.25) is 5.91 Å². The van der Waals surface area contributed by atoms with Crippen LogP contribution in [0.15, 0.2) is 79.1 Å². The third-order valence-electron chi connectivity index (χ3n) is 4.87. The Morgan fingerprint density at radius 2 is 1.97 bits per heavy atom. The first-order valence-corrected chi connectivity index (χ1v) is 9.66. The highest BCUT2D eigenvalue weighted by Crippen LogP contribution is 2.21. The lowest BCUT2D eigenvalue weighted by Gasteiger charge is -2.15. The van der Waals surface area contributed by atoms with Crippen LogP contribution in [-0.4, -0.2) is 15.9 Å². The topological polar surface area (TPSA) is 67.0 Å². The number of H-pyrrole nitrogens is 1. The number of para-hydroxylation sites is 1. The van der Waals surface area contributed by atoms with Gasteiger partial charge in [0.25, 0.3) is 0 Å². The van der Waals surface area contributed by atoms with E-state index in [-0.39, 0.29) is 11.9 Å². The van der Waals surface area contributed by atoms with Gasteiger partial charge in [0.05, 0.1) is 18.2 Å². The van der Waals surface area contributed by atoms with Gasteiger partial charge in [-0.1, -0.05) is 36.4 Å². The van der Waals surface area contributed by atoms with Crippen molar-refractivity contribution >= 4 is 16.8 Å².